The van der Waals surface area contributed by atoms with Crippen LogP contribution in [0.4, 0.5) is 15.7 Å². The molecule has 1 aliphatic heterocycles. The number of carbonyl (C=O) groups is 1. The summed E-state index contributed by atoms with van der Waals surface area (Å²) >= 11 is 7.71. The number of aryl methyl sites for hydroxylation is 1. The van der Waals surface area contributed by atoms with Gasteiger partial charge in [0.15, 0.2) is 5.13 Å². The number of piperazine rings is 1. The Kier molecular flexibility index (Phi) is 4.65. The van der Waals surface area contributed by atoms with Crippen LogP contribution in [0, 0.1) is 6.92 Å². The van der Waals surface area contributed by atoms with Gasteiger partial charge in [-0.15, -0.1) is 0 Å². The number of pyridine rings is 1. The summed E-state index contributed by atoms with van der Waals surface area (Å²) in [7, 11) is 0. The fraction of sp³-hybridized carbons (Fsp3) is 0.278. The number of nitrogens with zero attached hydrogens (tertiary/aromatic N) is 4. The third kappa shape index (κ3) is 3.45. The summed E-state index contributed by atoms with van der Waals surface area (Å²) in [6.07, 6.45) is 1.73. The van der Waals surface area contributed by atoms with E-state index < -0.39 is 0 Å². The number of urea groups is 1. The summed E-state index contributed by atoms with van der Waals surface area (Å²) in [6, 6.07) is 9.61. The van der Waals surface area contributed by atoms with Gasteiger partial charge in [-0.2, -0.15) is 0 Å². The van der Waals surface area contributed by atoms with E-state index in [0.29, 0.717) is 36.3 Å². The van der Waals surface area contributed by atoms with Crippen LogP contribution in [-0.4, -0.2) is 47.1 Å². The number of hydrogen-bond acceptors (Lipinski definition) is 5. The number of fused-ring (bicyclic) bond motifs is 1. The number of aromatic nitrogens is 2. The maximum Gasteiger partial charge on any atom is 0.323 e. The molecule has 1 fully saturated rings. The van der Waals surface area contributed by atoms with Gasteiger partial charge in [-0.3, -0.25) is 5.32 Å². The largest absolute Gasteiger partial charge is 0.352 e. The molecule has 1 aliphatic rings. The lowest BCUT2D eigenvalue weighted by Crippen LogP contribution is -2.50. The summed E-state index contributed by atoms with van der Waals surface area (Å²) in [6.45, 7) is 4.67. The number of benzene rings is 1. The Labute approximate surface area is 160 Å². The van der Waals surface area contributed by atoms with Crippen LogP contribution in [0.2, 0.25) is 5.02 Å². The van der Waals surface area contributed by atoms with E-state index in [0.717, 1.165) is 16.0 Å². The number of halogens is 1. The van der Waals surface area contributed by atoms with Gasteiger partial charge in [-0.1, -0.05) is 29.0 Å². The average Bonchev–Trinajstić information content (AvgIpc) is 3.03. The Bertz CT molecular complexity index is 952. The number of nitrogens with one attached hydrogen (secondary N) is 1. The molecule has 0 unspecified atom stereocenters. The lowest BCUT2D eigenvalue weighted by atomic mass is 10.2. The molecule has 3 aromatic rings. The zero-order valence-corrected chi connectivity index (χ0v) is 15.8. The summed E-state index contributed by atoms with van der Waals surface area (Å²) in [5.41, 5.74) is 2.09. The highest BCUT2D eigenvalue weighted by Crippen LogP contribution is 2.27. The monoisotopic (exact) mass is 387 g/mol. The molecule has 0 saturated carbocycles. The standard InChI is InChI=1S/C18H18ClN5OS/c1-12-4-5-14-15(11-12)26-17(21-14)22-18(25)24-9-7-23(8-10-24)16-13(19)3-2-6-20-16/h2-6,11H,7-10H2,1H3,(H,21,22,25). The quantitative estimate of drug-likeness (QED) is 0.721. The Morgan fingerprint density at radius 2 is 2.04 bits per heavy atom. The highest BCUT2D eigenvalue weighted by Gasteiger charge is 2.23. The first-order valence-electron chi connectivity index (χ1n) is 8.39. The molecule has 1 aromatic carbocycles. The molecule has 6 nitrogen and oxygen atoms in total. The molecule has 0 aliphatic carbocycles. The van der Waals surface area contributed by atoms with Crippen LogP contribution in [-0.2, 0) is 0 Å². The normalized spacial score (nSPS) is 14.7. The Balaban J connectivity index is 1.39. The molecule has 4 rings (SSSR count). The lowest BCUT2D eigenvalue weighted by molar-refractivity contribution is 0.208. The van der Waals surface area contributed by atoms with Crippen LogP contribution in [0.3, 0.4) is 0 Å². The molecule has 2 aromatic heterocycles. The number of amides is 2. The first kappa shape index (κ1) is 17.1. The summed E-state index contributed by atoms with van der Waals surface area (Å²) in [5, 5.41) is 4.19. The predicted octanol–water partition coefficient (Wildman–Crippen LogP) is 4.01. The molecule has 0 bridgehead atoms. The minimum absolute atomic E-state index is 0.118. The highest BCUT2D eigenvalue weighted by atomic mass is 35.5. The Morgan fingerprint density at radius 1 is 1.23 bits per heavy atom. The van der Waals surface area contributed by atoms with E-state index in [-0.39, 0.29) is 6.03 Å². The van der Waals surface area contributed by atoms with Gasteiger partial charge in [0.1, 0.15) is 5.82 Å². The molecule has 26 heavy (non-hydrogen) atoms. The predicted molar refractivity (Wildman–Crippen MR) is 106 cm³/mol. The molecular weight excluding hydrogens is 370 g/mol. The second-order valence-corrected chi connectivity index (χ2v) is 7.64. The van der Waals surface area contributed by atoms with Crippen molar-refractivity contribution >= 4 is 50.1 Å². The SMILES string of the molecule is Cc1ccc2nc(NC(=O)N3CCN(c4ncccc4Cl)CC3)sc2c1. The fourth-order valence-corrected chi connectivity index (χ4v) is 4.18. The second-order valence-electron chi connectivity index (χ2n) is 6.20. The zero-order chi connectivity index (χ0) is 18.1. The maximum absolute atomic E-state index is 12.5. The summed E-state index contributed by atoms with van der Waals surface area (Å²) < 4.78 is 1.08. The third-order valence-electron chi connectivity index (χ3n) is 4.36. The number of hydrogen-bond donors (Lipinski definition) is 1. The van der Waals surface area contributed by atoms with E-state index >= 15 is 0 Å². The number of thiazole rings is 1. The van der Waals surface area contributed by atoms with Gasteiger partial charge in [-0.05, 0) is 36.8 Å². The molecule has 1 N–H and O–H groups in total. The van der Waals surface area contributed by atoms with Crippen molar-refractivity contribution in [2.24, 2.45) is 0 Å². The average molecular weight is 388 g/mol. The molecule has 3 heterocycles. The molecular formula is C18H18ClN5OS. The summed E-state index contributed by atoms with van der Waals surface area (Å²) in [4.78, 5) is 25.3. The van der Waals surface area contributed by atoms with Crippen LogP contribution >= 0.6 is 22.9 Å². The Hall–Kier alpha value is -2.38. The van der Waals surface area contributed by atoms with Crippen molar-refractivity contribution in [3.63, 3.8) is 0 Å². The minimum atomic E-state index is -0.118. The van der Waals surface area contributed by atoms with Gasteiger partial charge in [0.25, 0.3) is 0 Å². The fourth-order valence-electron chi connectivity index (χ4n) is 2.99. The van der Waals surface area contributed by atoms with Crippen LogP contribution in [0.1, 0.15) is 5.56 Å². The summed E-state index contributed by atoms with van der Waals surface area (Å²) in [5.74, 6) is 0.774. The molecule has 0 spiro atoms. The third-order valence-corrected chi connectivity index (χ3v) is 5.59. The molecule has 8 heteroatoms. The lowest BCUT2D eigenvalue weighted by Gasteiger charge is -2.35. The van der Waals surface area contributed by atoms with Crippen molar-refractivity contribution in [2.45, 2.75) is 6.92 Å². The molecule has 2 amide bonds. The van der Waals surface area contributed by atoms with E-state index in [9.17, 15) is 4.79 Å². The Morgan fingerprint density at radius 3 is 2.81 bits per heavy atom. The molecule has 0 radical (unpaired) electrons. The van der Waals surface area contributed by atoms with Gasteiger partial charge in [-0.25, -0.2) is 14.8 Å². The molecule has 1 saturated heterocycles. The van der Waals surface area contributed by atoms with Crippen molar-refractivity contribution in [3.05, 3.63) is 47.1 Å². The van der Waals surface area contributed by atoms with Crippen LogP contribution in [0.15, 0.2) is 36.5 Å². The number of anilines is 2. The van der Waals surface area contributed by atoms with Crippen molar-refractivity contribution in [3.8, 4) is 0 Å². The van der Waals surface area contributed by atoms with Gasteiger partial charge < -0.3 is 9.80 Å². The maximum atomic E-state index is 12.5. The van der Waals surface area contributed by atoms with E-state index in [1.54, 1.807) is 11.1 Å². The van der Waals surface area contributed by atoms with E-state index in [4.69, 9.17) is 11.6 Å². The highest BCUT2D eigenvalue weighted by molar-refractivity contribution is 7.22. The molecule has 134 valence electrons. The van der Waals surface area contributed by atoms with E-state index in [1.807, 2.05) is 31.2 Å². The van der Waals surface area contributed by atoms with Gasteiger partial charge in [0.2, 0.25) is 0 Å². The van der Waals surface area contributed by atoms with E-state index in [1.165, 1.54) is 16.9 Å². The minimum Gasteiger partial charge on any atom is -0.352 e. The number of carbonyl (C=O) groups excluding carboxylic acids is 1. The van der Waals surface area contributed by atoms with Crippen molar-refractivity contribution in [1.82, 2.24) is 14.9 Å². The smallest absolute Gasteiger partial charge is 0.323 e. The van der Waals surface area contributed by atoms with Gasteiger partial charge in [0, 0.05) is 32.4 Å². The molecule has 0 atom stereocenters. The van der Waals surface area contributed by atoms with Crippen molar-refractivity contribution < 1.29 is 4.79 Å². The van der Waals surface area contributed by atoms with Gasteiger partial charge in [0.05, 0.1) is 15.2 Å². The van der Waals surface area contributed by atoms with Crippen LogP contribution < -0.4 is 10.2 Å². The first-order valence-corrected chi connectivity index (χ1v) is 9.58. The first-order chi connectivity index (χ1) is 12.6. The van der Waals surface area contributed by atoms with Crippen LogP contribution in [0.25, 0.3) is 10.2 Å². The number of rotatable bonds is 2. The van der Waals surface area contributed by atoms with Crippen molar-refractivity contribution in [2.75, 3.05) is 36.4 Å². The van der Waals surface area contributed by atoms with Gasteiger partial charge >= 0.3 is 6.03 Å². The van der Waals surface area contributed by atoms with Crippen molar-refractivity contribution in [1.29, 1.82) is 0 Å². The zero-order valence-electron chi connectivity index (χ0n) is 14.3. The van der Waals surface area contributed by atoms with Crippen LogP contribution in [0.5, 0.6) is 0 Å². The second kappa shape index (κ2) is 7.09. The van der Waals surface area contributed by atoms with E-state index in [2.05, 4.69) is 26.3 Å². The topological polar surface area (TPSA) is 61.4 Å².